The van der Waals surface area contributed by atoms with Gasteiger partial charge in [0.1, 0.15) is 5.60 Å². The van der Waals surface area contributed by atoms with Gasteiger partial charge < -0.3 is 4.74 Å². The number of carbonyl (C=O) groups excluding carboxylic acids is 1. The Morgan fingerprint density at radius 3 is 2.63 bits per heavy atom. The number of ether oxygens (including phenoxy) is 1. The number of allylic oxidation sites excluding steroid dienone is 1. The van der Waals surface area contributed by atoms with Crippen molar-refractivity contribution in [2.24, 2.45) is 0 Å². The third-order valence-corrected chi connectivity index (χ3v) is 3.16. The lowest BCUT2D eigenvalue weighted by atomic mass is 10.1. The summed E-state index contributed by atoms with van der Waals surface area (Å²) < 4.78 is 5.18. The second kappa shape index (κ2) is 6.44. The average molecular weight is 347 g/mol. The minimum atomic E-state index is -0.529. The average Bonchev–Trinajstić information content (AvgIpc) is 2.28. The Hall–Kier alpha value is -1.000. The molecule has 5 heteroatoms. The molecule has 0 aliphatic rings. The first-order valence-corrected chi connectivity index (χ1v) is 7.26. The minimum Gasteiger partial charge on any atom is -0.444 e. The van der Waals surface area contributed by atoms with E-state index in [0.29, 0.717) is 16.0 Å². The molecule has 0 saturated carbocycles. The zero-order valence-corrected chi connectivity index (χ0v) is 13.6. The second-order valence-corrected chi connectivity index (χ2v) is 6.03. The van der Waals surface area contributed by atoms with Crippen LogP contribution < -0.4 is 5.32 Å². The number of hydrogen-bond donors (Lipinski definition) is 1. The van der Waals surface area contributed by atoms with E-state index in [2.05, 4.69) is 27.8 Å². The summed E-state index contributed by atoms with van der Waals surface area (Å²) >= 11 is 9.42. The van der Waals surface area contributed by atoms with Gasteiger partial charge in [-0.05, 0) is 50.1 Å². The van der Waals surface area contributed by atoms with Crippen LogP contribution in [0.1, 0.15) is 26.3 Å². The highest BCUT2D eigenvalue weighted by atomic mass is 79.9. The molecule has 0 radical (unpaired) electrons. The summed E-state index contributed by atoms with van der Waals surface area (Å²) in [4.78, 5) is 11.7. The normalized spacial score (nSPS) is 11.0. The lowest BCUT2D eigenvalue weighted by Gasteiger charge is -2.20. The molecule has 0 saturated heterocycles. The molecule has 104 valence electrons. The molecule has 0 spiro atoms. The van der Waals surface area contributed by atoms with Crippen molar-refractivity contribution in [1.82, 2.24) is 0 Å². The maximum absolute atomic E-state index is 11.7. The Kier molecular flexibility index (Phi) is 5.44. The van der Waals surface area contributed by atoms with E-state index in [1.807, 2.05) is 20.8 Å². The highest BCUT2D eigenvalue weighted by Gasteiger charge is 2.16. The Labute approximate surface area is 127 Å². The number of carbonyl (C=O) groups is 1. The maximum atomic E-state index is 11.7. The summed E-state index contributed by atoms with van der Waals surface area (Å²) in [6.07, 6.45) is -0.495. The highest BCUT2D eigenvalue weighted by molar-refractivity contribution is 9.09. The second-order valence-electron chi connectivity index (χ2n) is 5.06. The van der Waals surface area contributed by atoms with Crippen LogP contribution in [-0.2, 0) is 4.74 Å². The molecule has 1 amide bonds. The fraction of sp³-hybridized carbons (Fsp3) is 0.357. The number of anilines is 1. The third-order valence-electron chi connectivity index (χ3n) is 2.15. The first-order chi connectivity index (χ1) is 8.73. The van der Waals surface area contributed by atoms with Crippen LogP contribution in [0.2, 0.25) is 5.02 Å². The molecule has 0 atom stereocenters. The summed E-state index contributed by atoms with van der Waals surface area (Å²) in [6, 6.07) is 5.21. The molecule has 3 nitrogen and oxygen atoms in total. The van der Waals surface area contributed by atoms with Crippen molar-refractivity contribution in [3.8, 4) is 0 Å². The van der Waals surface area contributed by atoms with Crippen molar-refractivity contribution in [2.75, 3.05) is 10.6 Å². The van der Waals surface area contributed by atoms with Crippen molar-refractivity contribution in [2.45, 2.75) is 26.4 Å². The van der Waals surface area contributed by atoms with E-state index in [9.17, 15) is 4.79 Å². The molecule has 1 aromatic carbocycles. The molecule has 0 aromatic heterocycles. The van der Waals surface area contributed by atoms with Crippen molar-refractivity contribution in [3.63, 3.8) is 0 Å². The van der Waals surface area contributed by atoms with Gasteiger partial charge in [0.25, 0.3) is 0 Å². The van der Waals surface area contributed by atoms with Crippen LogP contribution in [0.15, 0.2) is 24.8 Å². The fourth-order valence-electron chi connectivity index (χ4n) is 1.37. The molecule has 0 unspecified atom stereocenters. The van der Waals surface area contributed by atoms with E-state index < -0.39 is 11.7 Å². The topological polar surface area (TPSA) is 38.3 Å². The molecule has 1 rings (SSSR count). The Balaban J connectivity index is 2.86. The zero-order chi connectivity index (χ0) is 14.6. The standard InChI is InChI=1S/C14H17BrClNO2/c1-9(8-15)11-7-10(5-6-12(11)16)17-13(18)19-14(2,3)4/h5-7H,1,8H2,2-4H3,(H,17,18). The number of alkyl halides is 1. The first-order valence-electron chi connectivity index (χ1n) is 5.76. The fourth-order valence-corrected chi connectivity index (χ4v) is 1.92. The molecular weight excluding hydrogens is 330 g/mol. The van der Waals surface area contributed by atoms with Gasteiger partial charge in [-0.2, -0.15) is 0 Å². The molecule has 1 aromatic rings. The van der Waals surface area contributed by atoms with Crippen LogP contribution in [0.3, 0.4) is 0 Å². The van der Waals surface area contributed by atoms with E-state index >= 15 is 0 Å². The monoisotopic (exact) mass is 345 g/mol. The van der Waals surface area contributed by atoms with Crippen LogP contribution >= 0.6 is 27.5 Å². The van der Waals surface area contributed by atoms with E-state index in [4.69, 9.17) is 16.3 Å². The van der Waals surface area contributed by atoms with Gasteiger partial charge in [0.15, 0.2) is 0 Å². The van der Waals surface area contributed by atoms with Gasteiger partial charge in [0.2, 0.25) is 0 Å². The van der Waals surface area contributed by atoms with E-state index in [-0.39, 0.29) is 0 Å². The van der Waals surface area contributed by atoms with Crippen LogP contribution in [0.4, 0.5) is 10.5 Å². The smallest absolute Gasteiger partial charge is 0.412 e. The van der Waals surface area contributed by atoms with Gasteiger partial charge in [0, 0.05) is 16.0 Å². The number of hydrogen-bond acceptors (Lipinski definition) is 2. The molecular formula is C14H17BrClNO2. The minimum absolute atomic E-state index is 0.495. The Morgan fingerprint density at radius 2 is 2.11 bits per heavy atom. The van der Waals surface area contributed by atoms with E-state index in [1.165, 1.54) is 0 Å². The van der Waals surface area contributed by atoms with Gasteiger partial charge in [0.05, 0.1) is 0 Å². The number of nitrogens with one attached hydrogen (secondary N) is 1. The van der Waals surface area contributed by atoms with Crippen molar-refractivity contribution < 1.29 is 9.53 Å². The van der Waals surface area contributed by atoms with Gasteiger partial charge in [-0.1, -0.05) is 34.1 Å². The van der Waals surface area contributed by atoms with Crippen LogP contribution in [0.25, 0.3) is 5.57 Å². The predicted molar refractivity (Wildman–Crippen MR) is 84.1 cm³/mol. The molecule has 0 aliphatic carbocycles. The van der Waals surface area contributed by atoms with Crippen LogP contribution in [-0.4, -0.2) is 17.0 Å². The van der Waals surface area contributed by atoms with E-state index in [0.717, 1.165) is 11.1 Å². The van der Waals surface area contributed by atoms with Gasteiger partial charge in [-0.15, -0.1) is 0 Å². The third kappa shape index (κ3) is 5.25. The van der Waals surface area contributed by atoms with Crippen molar-refractivity contribution in [1.29, 1.82) is 0 Å². The summed E-state index contributed by atoms with van der Waals surface area (Å²) in [5.74, 6) is 0. The molecule has 0 bridgehead atoms. The number of benzene rings is 1. The Morgan fingerprint density at radius 1 is 1.47 bits per heavy atom. The molecule has 0 aliphatic heterocycles. The quantitative estimate of drug-likeness (QED) is 0.774. The van der Waals surface area contributed by atoms with Crippen LogP contribution in [0, 0.1) is 0 Å². The zero-order valence-electron chi connectivity index (χ0n) is 11.2. The maximum Gasteiger partial charge on any atom is 0.412 e. The molecule has 19 heavy (non-hydrogen) atoms. The lowest BCUT2D eigenvalue weighted by Crippen LogP contribution is -2.27. The first kappa shape index (κ1) is 16.1. The molecule has 1 N–H and O–H groups in total. The summed E-state index contributed by atoms with van der Waals surface area (Å²) in [6.45, 7) is 9.34. The SMILES string of the molecule is C=C(CBr)c1cc(NC(=O)OC(C)(C)C)ccc1Cl. The number of amides is 1. The summed E-state index contributed by atoms with van der Waals surface area (Å²) in [5, 5.41) is 3.88. The van der Waals surface area contributed by atoms with Crippen molar-refractivity contribution in [3.05, 3.63) is 35.4 Å². The Bertz CT molecular complexity index is 495. The van der Waals surface area contributed by atoms with Crippen molar-refractivity contribution >= 4 is 44.9 Å². The van der Waals surface area contributed by atoms with Gasteiger partial charge in [-0.3, -0.25) is 5.32 Å². The summed E-state index contributed by atoms with van der Waals surface area (Å²) in [7, 11) is 0. The predicted octanol–water partition coefficient (Wildman–Crippen LogP) is 5.10. The summed E-state index contributed by atoms with van der Waals surface area (Å²) in [5.41, 5.74) is 1.74. The van der Waals surface area contributed by atoms with Gasteiger partial charge >= 0.3 is 6.09 Å². The highest BCUT2D eigenvalue weighted by Crippen LogP contribution is 2.27. The largest absolute Gasteiger partial charge is 0.444 e. The van der Waals surface area contributed by atoms with Crippen LogP contribution in [0.5, 0.6) is 0 Å². The number of halogens is 2. The molecule has 0 heterocycles. The van der Waals surface area contributed by atoms with Gasteiger partial charge in [-0.25, -0.2) is 4.79 Å². The lowest BCUT2D eigenvalue weighted by molar-refractivity contribution is 0.0636. The number of rotatable bonds is 3. The molecule has 0 fully saturated rings. The van der Waals surface area contributed by atoms with E-state index in [1.54, 1.807) is 18.2 Å².